The molecule has 2 amide bonds. The number of hydrogen-bond acceptors (Lipinski definition) is 6. The molecule has 1 aromatic carbocycles. The molecule has 0 unspecified atom stereocenters. The first-order valence-corrected chi connectivity index (χ1v) is 11.5. The molecular formula is C25H31N5O4. The van der Waals surface area contributed by atoms with Gasteiger partial charge in [-0.25, -0.2) is 0 Å². The molecule has 0 aliphatic carbocycles. The van der Waals surface area contributed by atoms with E-state index in [9.17, 15) is 14.7 Å². The van der Waals surface area contributed by atoms with Crippen molar-refractivity contribution in [3.05, 3.63) is 60.1 Å². The molecule has 3 heterocycles. The van der Waals surface area contributed by atoms with Gasteiger partial charge in [0.25, 0.3) is 0 Å². The molecule has 4 rings (SSSR count). The maximum atomic E-state index is 13.4. The molecule has 34 heavy (non-hydrogen) atoms. The van der Waals surface area contributed by atoms with Crippen molar-refractivity contribution in [1.82, 2.24) is 25.2 Å². The fourth-order valence-corrected chi connectivity index (χ4v) is 4.60. The second-order valence-electron chi connectivity index (χ2n) is 9.22. The third-order valence-corrected chi connectivity index (χ3v) is 6.45. The van der Waals surface area contributed by atoms with Gasteiger partial charge >= 0.3 is 0 Å². The van der Waals surface area contributed by atoms with Crippen molar-refractivity contribution in [3.63, 3.8) is 0 Å². The lowest BCUT2D eigenvalue weighted by atomic mass is 9.91. The molecule has 9 nitrogen and oxygen atoms in total. The van der Waals surface area contributed by atoms with E-state index in [2.05, 4.69) is 15.6 Å². The van der Waals surface area contributed by atoms with Crippen molar-refractivity contribution in [1.29, 1.82) is 0 Å². The first kappa shape index (κ1) is 23.7. The summed E-state index contributed by atoms with van der Waals surface area (Å²) >= 11 is 0. The first-order chi connectivity index (χ1) is 16.3. The lowest BCUT2D eigenvalue weighted by Crippen LogP contribution is -2.48. The average molecular weight is 466 g/mol. The summed E-state index contributed by atoms with van der Waals surface area (Å²) < 4.78 is 7.07. The lowest BCUT2D eigenvalue weighted by molar-refractivity contribution is -0.141. The molecule has 1 aliphatic rings. The summed E-state index contributed by atoms with van der Waals surface area (Å²) in [6.07, 6.45) is 2.70. The Labute approximate surface area is 198 Å². The van der Waals surface area contributed by atoms with Crippen LogP contribution in [0.4, 0.5) is 0 Å². The number of carbonyl (C=O) groups is 2. The normalized spacial score (nSPS) is 19.9. The minimum atomic E-state index is -0.754. The van der Waals surface area contributed by atoms with Crippen molar-refractivity contribution >= 4 is 11.8 Å². The molecule has 1 aliphatic heterocycles. The van der Waals surface area contributed by atoms with E-state index in [1.165, 1.54) is 11.1 Å². The minimum absolute atomic E-state index is 0.0567. The Kier molecular flexibility index (Phi) is 6.83. The van der Waals surface area contributed by atoms with E-state index >= 15 is 0 Å². The molecule has 9 heteroatoms. The summed E-state index contributed by atoms with van der Waals surface area (Å²) in [5.74, 6) is -0.689. The van der Waals surface area contributed by atoms with Crippen LogP contribution >= 0.6 is 0 Å². The van der Waals surface area contributed by atoms with Crippen LogP contribution < -0.4 is 5.32 Å². The highest BCUT2D eigenvalue weighted by atomic mass is 16.5. The zero-order valence-corrected chi connectivity index (χ0v) is 19.9. The van der Waals surface area contributed by atoms with Gasteiger partial charge in [0.2, 0.25) is 11.8 Å². The number of nitrogens with zero attached hydrogens (tertiary/aromatic N) is 4. The van der Waals surface area contributed by atoms with Gasteiger partial charge in [0.1, 0.15) is 17.7 Å². The van der Waals surface area contributed by atoms with Gasteiger partial charge in [-0.15, -0.1) is 0 Å². The molecule has 0 saturated carbocycles. The predicted molar refractivity (Wildman–Crippen MR) is 125 cm³/mol. The number of aliphatic hydroxyl groups is 1. The maximum absolute atomic E-state index is 13.4. The molecule has 2 aromatic heterocycles. The van der Waals surface area contributed by atoms with Gasteiger partial charge in [0.15, 0.2) is 0 Å². The van der Waals surface area contributed by atoms with Crippen LogP contribution in [0.3, 0.4) is 0 Å². The second-order valence-corrected chi connectivity index (χ2v) is 9.22. The highest BCUT2D eigenvalue weighted by Gasteiger charge is 2.43. The van der Waals surface area contributed by atoms with Crippen molar-refractivity contribution in [2.45, 2.75) is 51.3 Å². The Balaban J connectivity index is 1.47. The van der Waals surface area contributed by atoms with E-state index in [0.717, 1.165) is 16.8 Å². The number of carbonyl (C=O) groups excluding carboxylic acids is 2. The van der Waals surface area contributed by atoms with Gasteiger partial charge < -0.3 is 19.8 Å². The number of amides is 2. The standard InChI is InChI=1S/C25H31N5O4/c1-15(2)23(22-10-12-27-34-22)25(33)30-14-19(31)13-21(30)24(32)28-16(3)17-5-7-18(8-6-17)20-9-11-26-29(20)4/h5-12,15-16,19,21,23,31H,13-14H2,1-4H3,(H,28,32)/t16-,19+,21-,23+/m0/s1. The summed E-state index contributed by atoms with van der Waals surface area (Å²) in [5.41, 5.74) is 2.98. The molecule has 0 radical (unpaired) electrons. The van der Waals surface area contributed by atoms with Crippen LogP contribution in [-0.4, -0.2) is 55.4 Å². The van der Waals surface area contributed by atoms with E-state index in [1.54, 1.807) is 16.9 Å². The Morgan fingerprint density at radius 3 is 2.44 bits per heavy atom. The van der Waals surface area contributed by atoms with E-state index in [0.29, 0.717) is 5.76 Å². The molecule has 4 atom stereocenters. The van der Waals surface area contributed by atoms with E-state index in [4.69, 9.17) is 4.52 Å². The Bertz CT molecular complexity index is 1120. The number of aromatic nitrogens is 3. The average Bonchev–Trinajstić information content (AvgIpc) is 3.55. The molecule has 180 valence electrons. The van der Waals surface area contributed by atoms with Gasteiger partial charge in [-0.2, -0.15) is 5.10 Å². The van der Waals surface area contributed by atoms with Crippen LogP contribution in [0.15, 0.2) is 53.3 Å². The minimum Gasteiger partial charge on any atom is -0.391 e. The van der Waals surface area contributed by atoms with Crippen molar-refractivity contribution in [3.8, 4) is 11.3 Å². The number of benzene rings is 1. The van der Waals surface area contributed by atoms with Crippen LogP contribution in [0.5, 0.6) is 0 Å². The molecule has 0 bridgehead atoms. The first-order valence-electron chi connectivity index (χ1n) is 11.5. The van der Waals surface area contributed by atoms with Crippen molar-refractivity contribution in [2.24, 2.45) is 13.0 Å². The highest BCUT2D eigenvalue weighted by Crippen LogP contribution is 2.31. The number of rotatable bonds is 7. The summed E-state index contributed by atoms with van der Waals surface area (Å²) in [5, 5.41) is 21.2. The summed E-state index contributed by atoms with van der Waals surface area (Å²) in [7, 11) is 1.89. The summed E-state index contributed by atoms with van der Waals surface area (Å²) in [6, 6.07) is 10.5. The van der Waals surface area contributed by atoms with Gasteiger partial charge in [-0.3, -0.25) is 14.3 Å². The molecule has 1 fully saturated rings. The molecule has 2 N–H and O–H groups in total. The Morgan fingerprint density at radius 2 is 1.85 bits per heavy atom. The largest absolute Gasteiger partial charge is 0.391 e. The van der Waals surface area contributed by atoms with E-state index in [-0.39, 0.29) is 36.7 Å². The van der Waals surface area contributed by atoms with Crippen LogP contribution in [0, 0.1) is 5.92 Å². The zero-order valence-electron chi connectivity index (χ0n) is 19.9. The van der Waals surface area contributed by atoms with Gasteiger partial charge in [0.05, 0.1) is 24.0 Å². The smallest absolute Gasteiger partial charge is 0.243 e. The maximum Gasteiger partial charge on any atom is 0.243 e. The number of β-amino-alcohol motifs (C(OH)–C–C–N with tert-alkyl or cyclic N) is 1. The van der Waals surface area contributed by atoms with Gasteiger partial charge in [-0.05, 0) is 30.0 Å². The highest BCUT2D eigenvalue weighted by molar-refractivity contribution is 5.91. The Hall–Kier alpha value is -3.46. The number of aliphatic hydroxyl groups excluding tert-OH is 1. The topological polar surface area (TPSA) is 113 Å². The van der Waals surface area contributed by atoms with Gasteiger partial charge in [-0.1, -0.05) is 43.3 Å². The molecule has 1 saturated heterocycles. The van der Waals surface area contributed by atoms with Crippen molar-refractivity contribution < 1.29 is 19.2 Å². The third kappa shape index (κ3) is 4.75. The molecule has 3 aromatic rings. The van der Waals surface area contributed by atoms with Crippen LogP contribution in [0.25, 0.3) is 11.3 Å². The van der Waals surface area contributed by atoms with E-state index < -0.39 is 18.1 Å². The summed E-state index contributed by atoms with van der Waals surface area (Å²) in [6.45, 7) is 5.86. The fourth-order valence-electron chi connectivity index (χ4n) is 4.60. The van der Waals surface area contributed by atoms with E-state index in [1.807, 2.05) is 58.2 Å². The molecule has 0 spiro atoms. The third-order valence-electron chi connectivity index (χ3n) is 6.45. The van der Waals surface area contributed by atoms with Crippen LogP contribution in [-0.2, 0) is 16.6 Å². The monoisotopic (exact) mass is 465 g/mol. The quantitative estimate of drug-likeness (QED) is 0.555. The number of nitrogens with one attached hydrogen (secondary N) is 1. The van der Waals surface area contributed by atoms with Crippen molar-refractivity contribution in [2.75, 3.05) is 6.54 Å². The predicted octanol–water partition coefficient (Wildman–Crippen LogP) is 2.65. The number of aryl methyl sites for hydroxylation is 1. The lowest BCUT2D eigenvalue weighted by Gasteiger charge is -2.29. The van der Waals surface area contributed by atoms with Gasteiger partial charge in [0, 0.05) is 32.3 Å². The SMILES string of the molecule is CC(C)[C@@H](C(=O)N1C[C@H](O)C[C@H]1C(=O)N[C@@H](C)c1ccc(-c2ccnn2C)cc1)c1ccno1. The zero-order chi connectivity index (χ0) is 24.4. The summed E-state index contributed by atoms with van der Waals surface area (Å²) in [4.78, 5) is 28.1. The number of hydrogen-bond donors (Lipinski definition) is 2. The number of likely N-dealkylation sites (tertiary alicyclic amines) is 1. The Morgan fingerprint density at radius 1 is 1.12 bits per heavy atom. The molecular weight excluding hydrogens is 434 g/mol. The second kappa shape index (κ2) is 9.80. The van der Waals surface area contributed by atoms with Crippen LogP contribution in [0.1, 0.15) is 50.5 Å². The van der Waals surface area contributed by atoms with Crippen LogP contribution in [0.2, 0.25) is 0 Å². The fraction of sp³-hybridized carbons (Fsp3) is 0.440.